The number of alkyl carbamates (subject to hydrolysis) is 1. The van der Waals surface area contributed by atoms with Gasteiger partial charge in [-0.2, -0.15) is 0 Å². The number of hydrogen-bond acceptors (Lipinski definition) is 4. The number of carboxylic acids is 1. The quantitative estimate of drug-likeness (QED) is 0.644. The number of hydrogen-bond donors (Lipinski definition) is 2. The number of likely N-dealkylation sites (N-methyl/N-ethyl adjacent to an activating group) is 1. The van der Waals surface area contributed by atoms with Crippen LogP contribution in [0.25, 0.3) is 11.1 Å². The normalized spacial score (nSPS) is 19.1. The van der Waals surface area contributed by atoms with Crippen molar-refractivity contribution < 1.29 is 24.2 Å². The minimum absolute atomic E-state index is 0.0164. The smallest absolute Gasteiger partial charge is 0.407 e. The molecule has 2 fully saturated rings. The summed E-state index contributed by atoms with van der Waals surface area (Å²) in [7, 11) is 1.55. The molecule has 1 unspecified atom stereocenters. The Bertz CT molecular complexity index is 1070. The van der Waals surface area contributed by atoms with Gasteiger partial charge in [-0.05, 0) is 53.9 Å². The minimum atomic E-state index is -1.19. The van der Waals surface area contributed by atoms with Crippen LogP contribution in [0.5, 0.6) is 0 Å². The summed E-state index contributed by atoms with van der Waals surface area (Å²) in [6.07, 6.45) is 3.44. The van der Waals surface area contributed by atoms with Gasteiger partial charge in [0.2, 0.25) is 5.91 Å². The van der Waals surface area contributed by atoms with Crippen LogP contribution in [0.1, 0.15) is 55.6 Å². The molecule has 0 saturated heterocycles. The average molecular weight is 463 g/mol. The second-order valence-corrected chi connectivity index (χ2v) is 9.73. The lowest BCUT2D eigenvalue weighted by atomic mass is 9.94. The van der Waals surface area contributed by atoms with E-state index in [0.29, 0.717) is 12.8 Å². The fraction of sp³-hybridized carbons (Fsp3) is 0.444. The third-order valence-corrected chi connectivity index (χ3v) is 7.78. The molecule has 178 valence electrons. The molecular formula is C27H30N2O5. The number of carbonyl (C=O) groups is 3. The number of nitrogens with zero attached hydrogens (tertiary/aromatic N) is 1. The first kappa shape index (κ1) is 22.4. The Morgan fingerprint density at radius 1 is 1.03 bits per heavy atom. The maximum Gasteiger partial charge on any atom is 0.407 e. The van der Waals surface area contributed by atoms with Gasteiger partial charge in [-0.3, -0.25) is 4.79 Å². The van der Waals surface area contributed by atoms with Crippen molar-refractivity contribution in [1.82, 2.24) is 10.2 Å². The predicted octanol–water partition coefficient (Wildman–Crippen LogP) is 4.16. The first-order chi connectivity index (χ1) is 16.4. The highest BCUT2D eigenvalue weighted by Crippen LogP contribution is 2.44. The maximum absolute atomic E-state index is 13.3. The average Bonchev–Trinajstić information content (AvgIpc) is 3.46. The van der Waals surface area contributed by atoms with Crippen molar-refractivity contribution in [3.05, 3.63) is 59.7 Å². The van der Waals surface area contributed by atoms with Crippen LogP contribution in [0.2, 0.25) is 0 Å². The zero-order chi connectivity index (χ0) is 23.9. The number of carboxylic acid groups (broad SMARTS) is 1. The number of nitrogens with one attached hydrogen (secondary N) is 1. The van der Waals surface area contributed by atoms with Gasteiger partial charge in [-0.1, -0.05) is 61.4 Å². The van der Waals surface area contributed by atoms with Gasteiger partial charge in [0, 0.05) is 13.0 Å². The predicted molar refractivity (Wildman–Crippen MR) is 126 cm³/mol. The first-order valence-electron chi connectivity index (χ1n) is 12.0. The Balaban J connectivity index is 1.27. The Morgan fingerprint density at radius 2 is 1.59 bits per heavy atom. The largest absolute Gasteiger partial charge is 0.479 e. The molecule has 2 aromatic rings. The van der Waals surface area contributed by atoms with Crippen LogP contribution < -0.4 is 5.32 Å². The molecule has 34 heavy (non-hydrogen) atoms. The summed E-state index contributed by atoms with van der Waals surface area (Å²) >= 11 is 0. The highest BCUT2D eigenvalue weighted by molar-refractivity contribution is 5.92. The lowest BCUT2D eigenvalue weighted by Gasteiger charge is -2.37. The van der Waals surface area contributed by atoms with E-state index < -0.39 is 23.6 Å². The molecule has 1 atom stereocenters. The molecule has 2 saturated carbocycles. The lowest BCUT2D eigenvalue weighted by molar-refractivity contribution is -0.158. The van der Waals surface area contributed by atoms with Gasteiger partial charge in [-0.15, -0.1) is 0 Å². The molecule has 2 amide bonds. The van der Waals surface area contributed by atoms with E-state index in [1.807, 2.05) is 24.3 Å². The Morgan fingerprint density at radius 3 is 2.12 bits per heavy atom. The van der Waals surface area contributed by atoms with Crippen LogP contribution in [0, 0.1) is 5.92 Å². The van der Waals surface area contributed by atoms with Crippen molar-refractivity contribution in [1.29, 1.82) is 0 Å². The van der Waals surface area contributed by atoms with E-state index in [-0.39, 0.29) is 24.3 Å². The van der Waals surface area contributed by atoms with Gasteiger partial charge >= 0.3 is 12.1 Å². The molecule has 7 nitrogen and oxygen atoms in total. The van der Waals surface area contributed by atoms with Gasteiger partial charge in [0.05, 0.1) is 0 Å². The summed E-state index contributed by atoms with van der Waals surface area (Å²) < 4.78 is 5.64. The minimum Gasteiger partial charge on any atom is -0.479 e. The van der Waals surface area contributed by atoms with E-state index in [0.717, 1.165) is 47.9 Å². The second-order valence-electron chi connectivity index (χ2n) is 9.73. The number of benzene rings is 2. The standard InChI is InChI=1S/C27H30N2O5/c1-29(27(25(31)32)14-6-7-15-27)24(30)23(17-12-13-17)28-26(33)34-16-22-20-10-4-2-8-18(20)19-9-3-5-11-21(19)22/h2-5,8-11,17,22-23H,6-7,12-16H2,1H3,(H,28,33)(H,31,32). The molecule has 0 aliphatic heterocycles. The van der Waals surface area contributed by atoms with Crippen LogP contribution in [-0.2, 0) is 14.3 Å². The number of aliphatic carboxylic acids is 1. The number of ether oxygens (including phenoxy) is 1. The Hall–Kier alpha value is -3.35. The van der Waals surface area contributed by atoms with Crippen LogP contribution in [0.15, 0.2) is 48.5 Å². The van der Waals surface area contributed by atoms with E-state index in [2.05, 4.69) is 29.6 Å². The van der Waals surface area contributed by atoms with Crippen LogP contribution in [-0.4, -0.2) is 53.2 Å². The lowest BCUT2D eigenvalue weighted by Crippen LogP contribution is -2.59. The Labute approximate surface area is 199 Å². The first-order valence-corrected chi connectivity index (χ1v) is 12.0. The summed E-state index contributed by atoms with van der Waals surface area (Å²) in [6, 6.07) is 15.5. The SMILES string of the molecule is CN(C(=O)C(NC(=O)OCC1c2ccccc2-c2ccccc21)C1CC1)C1(C(=O)O)CCCC1. The van der Waals surface area contributed by atoms with E-state index in [1.54, 1.807) is 7.05 Å². The summed E-state index contributed by atoms with van der Waals surface area (Å²) in [5.41, 5.74) is 3.35. The number of amides is 2. The summed E-state index contributed by atoms with van der Waals surface area (Å²) in [4.78, 5) is 39.5. The van der Waals surface area contributed by atoms with Crippen molar-refractivity contribution in [2.24, 2.45) is 5.92 Å². The van der Waals surface area contributed by atoms with Crippen molar-refractivity contribution in [3.8, 4) is 11.1 Å². The molecule has 2 N–H and O–H groups in total. The second kappa shape index (κ2) is 8.78. The zero-order valence-corrected chi connectivity index (χ0v) is 19.3. The molecular weight excluding hydrogens is 432 g/mol. The third kappa shape index (κ3) is 3.83. The molecule has 0 radical (unpaired) electrons. The number of rotatable bonds is 7. The third-order valence-electron chi connectivity index (χ3n) is 7.78. The van der Waals surface area contributed by atoms with Gasteiger partial charge in [0.15, 0.2) is 0 Å². The summed E-state index contributed by atoms with van der Waals surface area (Å²) in [6.45, 7) is 0.167. The van der Waals surface area contributed by atoms with Gasteiger partial charge in [0.1, 0.15) is 18.2 Å². The molecule has 2 aromatic carbocycles. The van der Waals surface area contributed by atoms with Crippen molar-refractivity contribution in [3.63, 3.8) is 0 Å². The summed E-state index contributed by atoms with van der Waals surface area (Å²) in [5, 5.41) is 12.6. The van der Waals surface area contributed by atoms with E-state index in [9.17, 15) is 19.5 Å². The number of carbonyl (C=O) groups excluding carboxylic acids is 2. The highest BCUT2D eigenvalue weighted by Gasteiger charge is 2.50. The maximum atomic E-state index is 13.3. The molecule has 0 heterocycles. The highest BCUT2D eigenvalue weighted by atomic mass is 16.5. The van der Waals surface area contributed by atoms with Gasteiger partial charge in [0.25, 0.3) is 0 Å². The molecule has 7 heteroatoms. The molecule has 0 aromatic heterocycles. The van der Waals surface area contributed by atoms with Crippen LogP contribution in [0.3, 0.4) is 0 Å². The van der Waals surface area contributed by atoms with Crippen LogP contribution in [0.4, 0.5) is 4.79 Å². The molecule has 3 aliphatic carbocycles. The molecule has 0 spiro atoms. The molecule has 0 bridgehead atoms. The van der Waals surface area contributed by atoms with Gasteiger partial charge < -0.3 is 20.1 Å². The fourth-order valence-electron chi connectivity index (χ4n) is 5.65. The van der Waals surface area contributed by atoms with Crippen molar-refractivity contribution in [2.45, 2.75) is 56.0 Å². The topological polar surface area (TPSA) is 95.9 Å². The van der Waals surface area contributed by atoms with Gasteiger partial charge in [-0.25, -0.2) is 9.59 Å². The van der Waals surface area contributed by atoms with Crippen LogP contribution >= 0.6 is 0 Å². The number of fused-ring (bicyclic) bond motifs is 3. The molecule has 5 rings (SSSR count). The Kier molecular flexibility index (Phi) is 5.80. The van der Waals surface area contributed by atoms with Crippen molar-refractivity contribution >= 4 is 18.0 Å². The van der Waals surface area contributed by atoms with Crippen molar-refractivity contribution in [2.75, 3.05) is 13.7 Å². The van der Waals surface area contributed by atoms with E-state index in [4.69, 9.17) is 4.74 Å². The molecule has 3 aliphatic rings. The zero-order valence-electron chi connectivity index (χ0n) is 19.3. The van der Waals surface area contributed by atoms with E-state index in [1.165, 1.54) is 4.90 Å². The van der Waals surface area contributed by atoms with E-state index >= 15 is 0 Å². The fourth-order valence-corrected chi connectivity index (χ4v) is 5.65. The monoisotopic (exact) mass is 462 g/mol. The summed E-state index contributed by atoms with van der Waals surface area (Å²) in [5.74, 6) is -1.37.